The molecule has 1 fully saturated rings. The van der Waals surface area contributed by atoms with Crippen molar-refractivity contribution in [2.75, 3.05) is 18.0 Å². The molecule has 0 radical (unpaired) electrons. The second kappa shape index (κ2) is 5.42. The van der Waals surface area contributed by atoms with E-state index in [1.165, 1.54) is 19.3 Å². The van der Waals surface area contributed by atoms with Crippen LogP contribution >= 0.6 is 11.6 Å². The monoisotopic (exact) mass is 248 g/mol. The Hall–Kier alpha value is -1.20. The molecule has 0 N–H and O–H groups in total. The van der Waals surface area contributed by atoms with Crippen molar-refractivity contribution in [1.29, 1.82) is 5.26 Å². The molecule has 2 nitrogen and oxygen atoms in total. The molecule has 1 aromatic carbocycles. The minimum atomic E-state index is 0.628. The first-order chi connectivity index (χ1) is 8.24. The van der Waals surface area contributed by atoms with Crippen LogP contribution in [0.2, 0.25) is 5.02 Å². The molecule has 1 atom stereocenters. The average molecular weight is 249 g/mol. The Balaban J connectivity index is 2.19. The third-order valence-electron chi connectivity index (χ3n) is 3.51. The zero-order chi connectivity index (χ0) is 12.3. The Bertz CT molecular complexity index is 436. The SMILES string of the molecule is CCC1CCCN(c2ccc(C#N)cc2Cl)C1. The molecule has 0 aliphatic carbocycles. The van der Waals surface area contributed by atoms with Crippen LogP contribution in [0.1, 0.15) is 31.7 Å². The van der Waals surface area contributed by atoms with Gasteiger partial charge in [0.15, 0.2) is 0 Å². The van der Waals surface area contributed by atoms with Crippen molar-refractivity contribution >= 4 is 17.3 Å². The molecule has 1 aliphatic heterocycles. The zero-order valence-electron chi connectivity index (χ0n) is 10.1. The second-order valence-electron chi connectivity index (χ2n) is 4.64. The van der Waals surface area contributed by atoms with E-state index in [2.05, 4.69) is 17.9 Å². The van der Waals surface area contributed by atoms with E-state index in [4.69, 9.17) is 16.9 Å². The lowest BCUT2D eigenvalue weighted by Crippen LogP contribution is -2.35. The van der Waals surface area contributed by atoms with Gasteiger partial charge in [-0.1, -0.05) is 24.9 Å². The molecule has 0 saturated carbocycles. The summed E-state index contributed by atoms with van der Waals surface area (Å²) < 4.78 is 0. The van der Waals surface area contributed by atoms with Gasteiger partial charge in [0.2, 0.25) is 0 Å². The topological polar surface area (TPSA) is 27.0 Å². The van der Waals surface area contributed by atoms with Crippen molar-refractivity contribution in [2.45, 2.75) is 26.2 Å². The van der Waals surface area contributed by atoms with Crippen molar-refractivity contribution in [3.63, 3.8) is 0 Å². The molecular weight excluding hydrogens is 232 g/mol. The molecule has 1 aromatic rings. The van der Waals surface area contributed by atoms with Crippen LogP contribution in [0.25, 0.3) is 0 Å². The van der Waals surface area contributed by atoms with Gasteiger partial charge >= 0.3 is 0 Å². The Morgan fingerprint density at radius 3 is 3.00 bits per heavy atom. The van der Waals surface area contributed by atoms with Crippen LogP contribution in [-0.2, 0) is 0 Å². The van der Waals surface area contributed by atoms with Gasteiger partial charge in [-0.3, -0.25) is 0 Å². The van der Waals surface area contributed by atoms with E-state index in [9.17, 15) is 0 Å². The first-order valence-corrected chi connectivity index (χ1v) is 6.57. The van der Waals surface area contributed by atoms with Gasteiger partial charge < -0.3 is 4.90 Å². The van der Waals surface area contributed by atoms with Gasteiger partial charge in [0, 0.05) is 13.1 Å². The van der Waals surface area contributed by atoms with E-state index >= 15 is 0 Å². The molecule has 0 spiro atoms. The van der Waals surface area contributed by atoms with Gasteiger partial charge in [-0.25, -0.2) is 0 Å². The molecule has 0 aromatic heterocycles. The average Bonchev–Trinajstić information content (AvgIpc) is 2.38. The molecule has 1 aliphatic rings. The van der Waals surface area contributed by atoms with Crippen LogP contribution in [0.5, 0.6) is 0 Å². The highest BCUT2D eigenvalue weighted by Crippen LogP contribution is 2.31. The van der Waals surface area contributed by atoms with Crippen LogP contribution in [0, 0.1) is 17.2 Å². The molecule has 1 unspecified atom stereocenters. The normalized spacial score (nSPS) is 20.1. The number of rotatable bonds is 2. The Labute approximate surface area is 108 Å². The van der Waals surface area contributed by atoms with E-state index in [1.807, 2.05) is 12.1 Å². The molecule has 1 heterocycles. The summed E-state index contributed by atoms with van der Waals surface area (Å²) in [5.41, 5.74) is 1.70. The summed E-state index contributed by atoms with van der Waals surface area (Å²) in [6, 6.07) is 7.69. The van der Waals surface area contributed by atoms with Gasteiger partial charge in [0.05, 0.1) is 22.3 Å². The fraction of sp³-hybridized carbons (Fsp3) is 0.500. The van der Waals surface area contributed by atoms with Gasteiger partial charge in [0.25, 0.3) is 0 Å². The molecule has 2 rings (SSSR count). The van der Waals surface area contributed by atoms with Crippen molar-refractivity contribution in [3.8, 4) is 6.07 Å². The number of nitrogens with zero attached hydrogens (tertiary/aromatic N) is 2. The van der Waals surface area contributed by atoms with Crippen molar-refractivity contribution in [3.05, 3.63) is 28.8 Å². The quantitative estimate of drug-likeness (QED) is 0.795. The highest BCUT2D eigenvalue weighted by molar-refractivity contribution is 6.33. The lowest BCUT2D eigenvalue weighted by Gasteiger charge is -2.34. The number of hydrogen-bond acceptors (Lipinski definition) is 2. The number of piperidine rings is 1. The number of benzene rings is 1. The fourth-order valence-corrected chi connectivity index (χ4v) is 2.75. The second-order valence-corrected chi connectivity index (χ2v) is 5.05. The molecular formula is C14H17ClN2. The maximum absolute atomic E-state index is 8.82. The Morgan fingerprint density at radius 1 is 1.53 bits per heavy atom. The number of anilines is 1. The van der Waals surface area contributed by atoms with Crippen LogP contribution < -0.4 is 4.90 Å². The van der Waals surface area contributed by atoms with E-state index in [0.29, 0.717) is 10.6 Å². The van der Waals surface area contributed by atoms with E-state index in [1.54, 1.807) is 6.07 Å². The smallest absolute Gasteiger partial charge is 0.0992 e. The largest absolute Gasteiger partial charge is 0.370 e. The summed E-state index contributed by atoms with van der Waals surface area (Å²) in [5.74, 6) is 0.774. The van der Waals surface area contributed by atoms with E-state index in [-0.39, 0.29) is 0 Å². The molecule has 90 valence electrons. The zero-order valence-corrected chi connectivity index (χ0v) is 10.9. The maximum atomic E-state index is 8.82. The number of nitriles is 1. The van der Waals surface area contributed by atoms with Crippen LogP contribution in [0.4, 0.5) is 5.69 Å². The molecule has 1 saturated heterocycles. The Morgan fingerprint density at radius 2 is 2.35 bits per heavy atom. The Kier molecular flexibility index (Phi) is 3.91. The highest BCUT2D eigenvalue weighted by atomic mass is 35.5. The van der Waals surface area contributed by atoms with Crippen molar-refractivity contribution < 1.29 is 0 Å². The maximum Gasteiger partial charge on any atom is 0.0992 e. The first kappa shape index (κ1) is 12.3. The lowest BCUT2D eigenvalue weighted by molar-refractivity contribution is 0.405. The molecule has 17 heavy (non-hydrogen) atoms. The van der Waals surface area contributed by atoms with Gasteiger partial charge in [-0.2, -0.15) is 5.26 Å². The molecule has 0 amide bonds. The van der Waals surface area contributed by atoms with Gasteiger partial charge in [-0.15, -0.1) is 0 Å². The van der Waals surface area contributed by atoms with Crippen LogP contribution in [0.3, 0.4) is 0 Å². The molecule has 3 heteroatoms. The minimum Gasteiger partial charge on any atom is -0.370 e. The van der Waals surface area contributed by atoms with Crippen molar-refractivity contribution in [1.82, 2.24) is 0 Å². The van der Waals surface area contributed by atoms with Gasteiger partial charge in [-0.05, 0) is 37.0 Å². The standard InChI is InChI=1S/C14H17ClN2/c1-2-11-4-3-7-17(10-11)14-6-5-12(9-16)8-13(14)15/h5-6,8,11H,2-4,7,10H2,1H3. The summed E-state index contributed by atoms with van der Waals surface area (Å²) in [6.07, 6.45) is 3.78. The predicted octanol–water partition coefficient (Wildman–Crippen LogP) is 3.84. The first-order valence-electron chi connectivity index (χ1n) is 6.19. The summed E-state index contributed by atoms with van der Waals surface area (Å²) >= 11 is 6.24. The highest BCUT2D eigenvalue weighted by Gasteiger charge is 2.20. The number of halogens is 1. The fourth-order valence-electron chi connectivity index (χ4n) is 2.45. The predicted molar refractivity (Wildman–Crippen MR) is 71.4 cm³/mol. The summed E-state index contributed by atoms with van der Waals surface area (Å²) in [5, 5.41) is 9.52. The minimum absolute atomic E-state index is 0.628. The van der Waals surface area contributed by atoms with Crippen LogP contribution in [0.15, 0.2) is 18.2 Å². The van der Waals surface area contributed by atoms with E-state index in [0.717, 1.165) is 24.7 Å². The van der Waals surface area contributed by atoms with E-state index < -0.39 is 0 Å². The lowest BCUT2D eigenvalue weighted by atomic mass is 9.95. The van der Waals surface area contributed by atoms with Gasteiger partial charge in [0.1, 0.15) is 0 Å². The van der Waals surface area contributed by atoms with Crippen LogP contribution in [-0.4, -0.2) is 13.1 Å². The summed E-state index contributed by atoms with van der Waals surface area (Å²) in [4.78, 5) is 2.35. The summed E-state index contributed by atoms with van der Waals surface area (Å²) in [6.45, 7) is 4.40. The third kappa shape index (κ3) is 2.73. The number of hydrogen-bond donors (Lipinski definition) is 0. The van der Waals surface area contributed by atoms with Crippen molar-refractivity contribution in [2.24, 2.45) is 5.92 Å². The third-order valence-corrected chi connectivity index (χ3v) is 3.82. The molecule has 0 bridgehead atoms. The summed E-state index contributed by atoms with van der Waals surface area (Å²) in [7, 11) is 0.